The Morgan fingerprint density at radius 3 is 2.44 bits per heavy atom. The van der Waals surface area contributed by atoms with Gasteiger partial charge >= 0.3 is 6.36 Å². The second kappa shape index (κ2) is 6.56. The lowest BCUT2D eigenvalue weighted by Crippen LogP contribution is -2.17. The molecule has 1 N–H and O–H groups in total. The lowest BCUT2D eigenvalue weighted by molar-refractivity contribution is -0.274. The Morgan fingerprint density at radius 2 is 1.84 bits per heavy atom. The van der Waals surface area contributed by atoms with Gasteiger partial charge in [-0.3, -0.25) is 0 Å². The van der Waals surface area contributed by atoms with Crippen molar-refractivity contribution >= 4 is 0 Å². The molecule has 130 valence electrons. The Morgan fingerprint density at radius 1 is 1.12 bits per heavy atom. The van der Waals surface area contributed by atoms with Gasteiger partial charge in [0.2, 0.25) is 0 Å². The van der Waals surface area contributed by atoms with Crippen LogP contribution in [-0.4, -0.2) is 26.5 Å². The van der Waals surface area contributed by atoms with Gasteiger partial charge in [0.15, 0.2) is 0 Å². The first-order valence-corrected chi connectivity index (χ1v) is 7.36. The number of aliphatic hydroxyl groups is 1. The van der Waals surface area contributed by atoms with E-state index >= 15 is 0 Å². The largest absolute Gasteiger partial charge is 0.573 e. The maximum atomic E-state index is 12.3. The smallest absolute Gasteiger partial charge is 0.406 e. The first kappa shape index (κ1) is 17.0. The van der Waals surface area contributed by atoms with Crippen LogP contribution in [-0.2, 0) is 6.61 Å². The summed E-state index contributed by atoms with van der Waals surface area (Å²) < 4.78 is 42.1. The van der Waals surface area contributed by atoms with Crippen molar-refractivity contribution in [2.24, 2.45) is 0 Å². The van der Waals surface area contributed by atoms with E-state index in [1.165, 1.54) is 28.9 Å². The number of nitrogens with zero attached hydrogens (tertiary/aromatic N) is 3. The van der Waals surface area contributed by atoms with Crippen molar-refractivity contribution in [1.29, 1.82) is 0 Å². The summed E-state index contributed by atoms with van der Waals surface area (Å²) in [7, 11) is 0. The molecule has 0 atom stereocenters. The van der Waals surface area contributed by atoms with Crippen molar-refractivity contribution in [3.63, 3.8) is 0 Å². The van der Waals surface area contributed by atoms with Gasteiger partial charge in [0, 0.05) is 5.56 Å². The average molecular weight is 349 g/mol. The molecular formula is C17H14F3N3O2. The van der Waals surface area contributed by atoms with Crippen molar-refractivity contribution in [1.82, 2.24) is 15.0 Å². The molecule has 0 radical (unpaired) electrons. The Balaban J connectivity index is 2.02. The average Bonchev–Trinajstić information content (AvgIpc) is 2.98. The van der Waals surface area contributed by atoms with Gasteiger partial charge in [0.05, 0.1) is 12.3 Å². The highest BCUT2D eigenvalue weighted by Gasteiger charge is 2.31. The normalized spacial score (nSPS) is 11.6. The molecule has 2 aromatic carbocycles. The summed E-state index contributed by atoms with van der Waals surface area (Å²) in [6, 6.07) is 12.8. The number of hydrogen-bond acceptors (Lipinski definition) is 4. The highest BCUT2D eigenvalue weighted by Crippen LogP contribution is 2.28. The summed E-state index contributed by atoms with van der Waals surface area (Å²) in [5, 5.41) is 17.5. The molecule has 0 amide bonds. The number of rotatable bonds is 4. The fraction of sp³-hybridized carbons (Fsp3) is 0.176. The maximum absolute atomic E-state index is 12.3. The number of aliphatic hydroxyl groups excluding tert-OH is 1. The molecule has 3 aromatic rings. The molecule has 0 aliphatic rings. The van der Waals surface area contributed by atoms with E-state index in [0.29, 0.717) is 17.1 Å². The molecule has 5 nitrogen and oxygen atoms in total. The van der Waals surface area contributed by atoms with E-state index in [1.54, 1.807) is 0 Å². The van der Waals surface area contributed by atoms with E-state index in [4.69, 9.17) is 0 Å². The molecule has 3 rings (SSSR count). The molecule has 0 aliphatic heterocycles. The van der Waals surface area contributed by atoms with Crippen molar-refractivity contribution < 1.29 is 23.0 Å². The minimum Gasteiger partial charge on any atom is -0.406 e. The van der Waals surface area contributed by atoms with Crippen molar-refractivity contribution in [3.05, 3.63) is 59.8 Å². The second-order valence-corrected chi connectivity index (χ2v) is 5.37. The van der Waals surface area contributed by atoms with Gasteiger partial charge < -0.3 is 9.84 Å². The Hall–Kier alpha value is -2.87. The lowest BCUT2D eigenvalue weighted by Gasteiger charge is -2.11. The molecule has 0 saturated heterocycles. The molecule has 1 aromatic heterocycles. The molecule has 0 aliphatic carbocycles. The molecule has 0 fully saturated rings. The van der Waals surface area contributed by atoms with Gasteiger partial charge in [-0.1, -0.05) is 29.0 Å². The quantitative estimate of drug-likeness (QED) is 0.781. The molecular weight excluding hydrogens is 335 g/mol. The van der Waals surface area contributed by atoms with Crippen LogP contribution in [0.2, 0.25) is 0 Å². The standard InChI is InChI=1S/C17H14F3N3O2/c1-11-3-2-4-12(9-11)16-15(10-24)21-22-23(16)13-5-7-14(8-6-13)25-17(18,19)20/h2-9,24H,10H2,1H3. The summed E-state index contributed by atoms with van der Waals surface area (Å²) in [5.74, 6) is -0.323. The molecule has 8 heteroatoms. The Kier molecular flexibility index (Phi) is 4.45. The summed E-state index contributed by atoms with van der Waals surface area (Å²) in [5.41, 5.74) is 3.27. The number of benzene rings is 2. The fourth-order valence-corrected chi connectivity index (χ4v) is 2.47. The van der Waals surface area contributed by atoms with Crippen LogP contribution < -0.4 is 4.74 Å². The predicted octanol–water partition coefficient (Wildman–Crippen LogP) is 3.63. The van der Waals surface area contributed by atoms with E-state index in [1.807, 2.05) is 31.2 Å². The minimum atomic E-state index is -4.74. The van der Waals surface area contributed by atoms with Gasteiger partial charge in [-0.15, -0.1) is 18.3 Å². The van der Waals surface area contributed by atoms with Crippen LogP contribution >= 0.6 is 0 Å². The van der Waals surface area contributed by atoms with Crippen molar-refractivity contribution in [2.75, 3.05) is 0 Å². The maximum Gasteiger partial charge on any atom is 0.573 e. The molecule has 25 heavy (non-hydrogen) atoms. The first-order valence-electron chi connectivity index (χ1n) is 7.36. The van der Waals surface area contributed by atoms with Gasteiger partial charge in [0.25, 0.3) is 0 Å². The summed E-state index contributed by atoms with van der Waals surface area (Å²) in [6.07, 6.45) is -4.74. The molecule has 0 bridgehead atoms. The highest BCUT2D eigenvalue weighted by molar-refractivity contribution is 5.65. The second-order valence-electron chi connectivity index (χ2n) is 5.37. The van der Waals surface area contributed by atoms with Crippen molar-refractivity contribution in [3.8, 4) is 22.7 Å². The van der Waals surface area contributed by atoms with Crippen LogP contribution in [0.1, 0.15) is 11.3 Å². The number of aromatic nitrogens is 3. The van der Waals surface area contributed by atoms with Gasteiger partial charge in [-0.25, -0.2) is 4.68 Å². The molecule has 1 heterocycles. The van der Waals surface area contributed by atoms with Gasteiger partial charge in [0.1, 0.15) is 17.1 Å². The zero-order valence-electron chi connectivity index (χ0n) is 13.2. The van der Waals surface area contributed by atoms with E-state index in [-0.39, 0.29) is 12.4 Å². The molecule has 0 saturated carbocycles. The van der Waals surface area contributed by atoms with E-state index in [9.17, 15) is 18.3 Å². The van der Waals surface area contributed by atoms with Crippen molar-refractivity contribution in [2.45, 2.75) is 19.9 Å². The lowest BCUT2D eigenvalue weighted by atomic mass is 10.1. The summed E-state index contributed by atoms with van der Waals surface area (Å²) in [4.78, 5) is 0. The Bertz CT molecular complexity index is 874. The summed E-state index contributed by atoms with van der Waals surface area (Å²) in [6.45, 7) is 1.62. The minimum absolute atomic E-state index is 0.307. The zero-order chi connectivity index (χ0) is 18.0. The monoisotopic (exact) mass is 349 g/mol. The third-order valence-electron chi connectivity index (χ3n) is 3.50. The van der Waals surface area contributed by atoms with Crippen LogP contribution in [0.5, 0.6) is 5.75 Å². The zero-order valence-corrected chi connectivity index (χ0v) is 13.2. The highest BCUT2D eigenvalue weighted by atomic mass is 19.4. The van der Waals surface area contributed by atoms with Gasteiger partial charge in [-0.05, 0) is 37.3 Å². The van der Waals surface area contributed by atoms with Crippen LogP contribution in [0.4, 0.5) is 13.2 Å². The third kappa shape index (κ3) is 3.80. The van der Waals surface area contributed by atoms with Crippen LogP contribution in [0.15, 0.2) is 48.5 Å². The molecule has 0 spiro atoms. The SMILES string of the molecule is Cc1cccc(-c2c(CO)nnn2-c2ccc(OC(F)(F)F)cc2)c1. The third-order valence-corrected chi connectivity index (χ3v) is 3.50. The number of halogens is 3. The number of alkyl halides is 3. The number of hydrogen-bond donors (Lipinski definition) is 1. The van der Waals surface area contributed by atoms with E-state index < -0.39 is 6.36 Å². The number of aryl methyl sites for hydroxylation is 1. The first-order chi connectivity index (χ1) is 11.9. The van der Waals surface area contributed by atoms with Crippen LogP contribution in [0, 0.1) is 6.92 Å². The van der Waals surface area contributed by atoms with Crippen LogP contribution in [0.25, 0.3) is 16.9 Å². The van der Waals surface area contributed by atoms with E-state index in [0.717, 1.165) is 11.1 Å². The summed E-state index contributed by atoms with van der Waals surface area (Å²) >= 11 is 0. The Labute approximate surface area is 141 Å². The predicted molar refractivity (Wildman–Crippen MR) is 84.1 cm³/mol. The van der Waals surface area contributed by atoms with E-state index in [2.05, 4.69) is 15.0 Å². The number of ether oxygens (including phenoxy) is 1. The van der Waals surface area contributed by atoms with Gasteiger partial charge in [-0.2, -0.15) is 0 Å². The topological polar surface area (TPSA) is 60.2 Å². The molecule has 0 unspecified atom stereocenters. The van der Waals surface area contributed by atoms with Crippen LogP contribution in [0.3, 0.4) is 0 Å². The fourth-order valence-electron chi connectivity index (χ4n) is 2.47.